The number of nitrogens with zero attached hydrogens (tertiary/aromatic N) is 2. The molecule has 2 fully saturated rings. The van der Waals surface area contributed by atoms with Crippen LogP contribution in [0.15, 0.2) is 48.5 Å². The van der Waals surface area contributed by atoms with Gasteiger partial charge >= 0.3 is 6.09 Å². The molecule has 5 nitrogen and oxygen atoms in total. The molecule has 2 bridgehead atoms. The summed E-state index contributed by atoms with van der Waals surface area (Å²) in [6.07, 6.45) is 3.50. The lowest BCUT2D eigenvalue weighted by molar-refractivity contribution is -0.0896. The Morgan fingerprint density at radius 2 is 1.90 bits per heavy atom. The molecule has 4 rings (SSSR count). The fourth-order valence-electron chi connectivity index (χ4n) is 4.84. The van der Waals surface area contributed by atoms with Crippen LogP contribution < -0.4 is 0 Å². The van der Waals surface area contributed by atoms with Gasteiger partial charge in [-0.2, -0.15) is 5.26 Å². The molecule has 0 radical (unpaired) electrons. The van der Waals surface area contributed by atoms with Crippen LogP contribution in [0, 0.1) is 18.3 Å². The summed E-state index contributed by atoms with van der Waals surface area (Å²) in [6, 6.07) is 17.3. The lowest BCUT2D eigenvalue weighted by Gasteiger charge is -2.51. The maximum Gasteiger partial charge on any atom is 0.410 e. The second-order valence-corrected chi connectivity index (χ2v) is 8.27. The molecular weight excluding hydrogens is 364 g/mol. The highest BCUT2D eigenvalue weighted by molar-refractivity contribution is 5.69. The Labute approximate surface area is 171 Å². The second kappa shape index (κ2) is 7.88. The zero-order valence-corrected chi connectivity index (χ0v) is 16.7. The number of carbonyl (C=O) groups excluding carboxylic acids is 1. The molecule has 1 amide bonds. The van der Waals surface area contributed by atoms with E-state index in [4.69, 9.17) is 4.74 Å². The standard InChI is InChI=1S/C24H26N2O3/c1-17-12-20(11-10-19(17)15-25)24(28)13-21-8-5-9-22(14-24)26(21)23(27)29-16-18-6-3-2-4-7-18/h2-4,6-7,10-12,21-22,28H,5,8-9,13-14,16H2,1H3. The Morgan fingerprint density at radius 1 is 1.21 bits per heavy atom. The first-order valence-electron chi connectivity index (χ1n) is 10.2. The number of nitriles is 1. The highest BCUT2D eigenvalue weighted by atomic mass is 16.6. The van der Waals surface area contributed by atoms with Crippen molar-refractivity contribution in [1.82, 2.24) is 4.90 Å². The van der Waals surface area contributed by atoms with Crippen LogP contribution in [-0.2, 0) is 16.9 Å². The van der Waals surface area contributed by atoms with Gasteiger partial charge in [-0.1, -0.05) is 42.5 Å². The quantitative estimate of drug-likeness (QED) is 0.843. The maximum atomic E-state index is 12.9. The summed E-state index contributed by atoms with van der Waals surface area (Å²) in [4.78, 5) is 14.7. The van der Waals surface area contributed by atoms with Crippen molar-refractivity contribution in [2.24, 2.45) is 0 Å². The van der Waals surface area contributed by atoms with Gasteiger partial charge in [0.25, 0.3) is 0 Å². The van der Waals surface area contributed by atoms with E-state index < -0.39 is 5.60 Å². The molecule has 2 unspecified atom stereocenters. The molecule has 2 aromatic carbocycles. The van der Waals surface area contributed by atoms with Gasteiger partial charge in [-0.05, 0) is 48.9 Å². The van der Waals surface area contributed by atoms with Gasteiger partial charge in [0.05, 0.1) is 17.2 Å². The number of amides is 1. The van der Waals surface area contributed by atoms with Gasteiger partial charge in [0.2, 0.25) is 0 Å². The van der Waals surface area contributed by atoms with Crippen molar-refractivity contribution in [2.45, 2.75) is 63.3 Å². The Hall–Kier alpha value is -2.84. The molecule has 0 aromatic heterocycles. The van der Waals surface area contributed by atoms with Gasteiger partial charge in [0, 0.05) is 24.9 Å². The van der Waals surface area contributed by atoms with Gasteiger partial charge in [-0.3, -0.25) is 0 Å². The summed E-state index contributed by atoms with van der Waals surface area (Å²) in [5.41, 5.74) is 2.31. The fourth-order valence-corrected chi connectivity index (χ4v) is 4.84. The third kappa shape index (κ3) is 3.86. The number of hydrogen-bond donors (Lipinski definition) is 1. The van der Waals surface area contributed by atoms with E-state index in [2.05, 4.69) is 6.07 Å². The number of aryl methyl sites for hydroxylation is 1. The lowest BCUT2D eigenvalue weighted by atomic mass is 9.72. The first-order valence-corrected chi connectivity index (χ1v) is 10.2. The molecule has 5 heteroatoms. The number of piperidine rings is 2. The minimum Gasteiger partial charge on any atom is -0.445 e. The average molecular weight is 390 g/mol. The highest BCUT2D eigenvalue weighted by Gasteiger charge is 2.48. The molecule has 2 aliphatic rings. The largest absolute Gasteiger partial charge is 0.445 e. The second-order valence-electron chi connectivity index (χ2n) is 8.27. The van der Waals surface area contributed by atoms with Crippen LogP contribution in [0.2, 0.25) is 0 Å². The van der Waals surface area contributed by atoms with E-state index >= 15 is 0 Å². The topological polar surface area (TPSA) is 73.6 Å². The third-order valence-electron chi connectivity index (χ3n) is 6.31. The van der Waals surface area contributed by atoms with E-state index in [-0.39, 0.29) is 24.8 Å². The van der Waals surface area contributed by atoms with E-state index in [0.29, 0.717) is 18.4 Å². The van der Waals surface area contributed by atoms with Crippen molar-refractivity contribution in [1.29, 1.82) is 5.26 Å². The summed E-state index contributed by atoms with van der Waals surface area (Å²) >= 11 is 0. The molecule has 0 saturated carbocycles. The normalized spacial score (nSPS) is 25.9. The van der Waals surface area contributed by atoms with E-state index in [1.54, 1.807) is 6.07 Å². The SMILES string of the molecule is Cc1cc(C2(O)CC3CCCC(C2)N3C(=O)OCc2ccccc2)ccc1C#N. The molecule has 2 heterocycles. The highest BCUT2D eigenvalue weighted by Crippen LogP contribution is 2.44. The van der Waals surface area contributed by atoms with Crippen LogP contribution in [0.4, 0.5) is 4.79 Å². The van der Waals surface area contributed by atoms with Crippen molar-refractivity contribution >= 4 is 6.09 Å². The van der Waals surface area contributed by atoms with Gasteiger partial charge in [-0.15, -0.1) is 0 Å². The summed E-state index contributed by atoms with van der Waals surface area (Å²) in [6.45, 7) is 2.15. The summed E-state index contributed by atoms with van der Waals surface area (Å²) in [5.74, 6) is 0. The zero-order chi connectivity index (χ0) is 20.4. The van der Waals surface area contributed by atoms with Gasteiger partial charge in [0.15, 0.2) is 0 Å². The molecule has 0 spiro atoms. The molecule has 0 aliphatic carbocycles. The predicted octanol–water partition coefficient (Wildman–Crippen LogP) is 4.41. The van der Waals surface area contributed by atoms with Crippen LogP contribution >= 0.6 is 0 Å². The number of aliphatic hydroxyl groups is 1. The molecule has 2 aromatic rings. The number of ether oxygens (including phenoxy) is 1. The minimum atomic E-state index is -0.981. The van der Waals surface area contributed by atoms with Crippen molar-refractivity contribution in [3.8, 4) is 6.07 Å². The average Bonchev–Trinajstić information content (AvgIpc) is 2.72. The van der Waals surface area contributed by atoms with Crippen LogP contribution in [0.5, 0.6) is 0 Å². The molecule has 29 heavy (non-hydrogen) atoms. The molecule has 2 saturated heterocycles. The number of carbonyl (C=O) groups is 1. The van der Waals surface area contributed by atoms with E-state index in [0.717, 1.165) is 36.0 Å². The number of rotatable bonds is 3. The molecule has 2 atom stereocenters. The Kier molecular flexibility index (Phi) is 5.29. The summed E-state index contributed by atoms with van der Waals surface area (Å²) < 4.78 is 5.60. The van der Waals surface area contributed by atoms with Crippen LogP contribution in [0.1, 0.15) is 54.4 Å². The molecule has 2 aliphatic heterocycles. The first-order chi connectivity index (χ1) is 14.0. The van der Waals surface area contributed by atoms with Crippen molar-refractivity contribution < 1.29 is 14.6 Å². The van der Waals surface area contributed by atoms with Gasteiger partial charge < -0.3 is 14.7 Å². The Morgan fingerprint density at radius 3 is 2.52 bits per heavy atom. The molecule has 150 valence electrons. The van der Waals surface area contributed by atoms with Crippen LogP contribution in [0.25, 0.3) is 0 Å². The van der Waals surface area contributed by atoms with E-state index in [9.17, 15) is 15.2 Å². The van der Waals surface area contributed by atoms with Crippen molar-refractivity contribution in [2.75, 3.05) is 0 Å². The van der Waals surface area contributed by atoms with Crippen LogP contribution in [0.3, 0.4) is 0 Å². The van der Waals surface area contributed by atoms with Crippen molar-refractivity contribution in [3.63, 3.8) is 0 Å². The Balaban J connectivity index is 1.50. The third-order valence-corrected chi connectivity index (χ3v) is 6.31. The number of hydrogen-bond acceptors (Lipinski definition) is 4. The summed E-state index contributed by atoms with van der Waals surface area (Å²) in [5, 5.41) is 20.7. The molecule has 1 N–H and O–H groups in total. The first kappa shape index (κ1) is 19.5. The maximum absolute atomic E-state index is 12.9. The minimum absolute atomic E-state index is 0.0354. The fraction of sp³-hybridized carbons (Fsp3) is 0.417. The van der Waals surface area contributed by atoms with Gasteiger partial charge in [0.1, 0.15) is 6.61 Å². The Bertz CT molecular complexity index is 921. The van der Waals surface area contributed by atoms with E-state index in [1.165, 1.54) is 0 Å². The molecular formula is C24H26N2O3. The van der Waals surface area contributed by atoms with Crippen LogP contribution in [-0.4, -0.2) is 28.2 Å². The number of fused-ring (bicyclic) bond motifs is 2. The predicted molar refractivity (Wildman–Crippen MR) is 109 cm³/mol. The van der Waals surface area contributed by atoms with Gasteiger partial charge in [-0.25, -0.2) is 4.79 Å². The van der Waals surface area contributed by atoms with E-state index in [1.807, 2.05) is 54.3 Å². The zero-order valence-electron chi connectivity index (χ0n) is 16.7. The number of benzene rings is 2. The summed E-state index contributed by atoms with van der Waals surface area (Å²) in [7, 11) is 0. The monoisotopic (exact) mass is 390 g/mol. The smallest absolute Gasteiger partial charge is 0.410 e. The lowest BCUT2D eigenvalue weighted by Crippen LogP contribution is -2.58. The van der Waals surface area contributed by atoms with Crippen molar-refractivity contribution in [3.05, 3.63) is 70.8 Å².